The van der Waals surface area contributed by atoms with E-state index in [4.69, 9.17) is 4.74 Å². The van der Waals surface area contributed by atoms with Crippen LogP contribution in [0.2, 0.25) is 0 Å². The molecule has 1 heteroatoms. The summed E-state index contributed by atoms with van der Waals surface area (Å²) in [4.78, 5) is 0. The Hall–Kier alpha value is -1.08. The number of rotatable bonds is 11. The summed E-state index contributed by atoms with van der Waals surface area (Å²) in [6.45, 7) is 7.59. The molecule has 0 bridgehead atoms. The fourth-order valence-corrected chi connectivity index (χ4v) is 4.37. The third kappa shape index (κ3) is 7.36. The van der Waals surface area contributed by atoms with Gasteiger partial charge in [-0.3, -0.25) is 0 Å². The van der Waals surface area contributed by atoms with Gasteiger partial charge in [-0.25, -0.2) is 0 Å². The molecule has 2 aliphatic carbocycles. The Kier molecular flexibility index (Phi) is 9.32. The standard InChI is InChI=1S/C24H38O/c1-3-5-20-25-21-24(17-8-6-9-18-24)19-10-7-12-23-15-13-22(11-4-2)14-16-23/h3-4,6,8-9,11,17,22-23H,1,5,7,10,12-16,18-21H2,2H3. The zero-order chi connectivity index (χ0) is 17.8. The first-order chi connectivity index (χ1) is 12.3. The molecule has 0 amide bonds. The van der Waals surface area contributed by atoms with E-state index in [9.17, 15) is 0 Å². The van der Waals surface area contributed by atoms with Crippen LogP contribution in [0.4, 0.5) is 0 Å². The molecule has 1 saturated carbocycles. The smallest absolute Gasteiger partial charge is 0.0560 e. The van der Waals surface area contributed by atoms with Gasteiger partial charge in [0.15, 0.2) is 0 Å². The highest BCUT2D eigenvalue weighted by Gasteiger charge is 2.27. The van der Waals surface area contributed by atoms with Crippen LogP contribution >= 0.6 is 0 Å². The monoisotopic (exact) mass is 342 g/mol. The van der Waals surface area contributed by atoms with Crippen LogP contribution < -0.4 is 0 Å². The minimum Gasteiger partial charge on any atom is -0.380 e. The second kappa shape index (κ2) is 11.5. The molecule has 0 saturated heterocycles. The molecule has 0 aliphatic heterocycles. The molecule has 2 rings (SSSR count). The number of hydrogen-bond acceptors (Lipinski definition) is 1. The molecule has 0 N–H and O–H groups in total. The highest BCUT2D eigenvalue weighted by Crippen LogP contribution is 2.36. The van der Waals surface area contributed by atoms with Gasteiger partial charge in [-0.15, -0.1) is 6.58 Å². The second-order valence-corrected chi connectivity index (χ2v) is 8.04. The first-order valence-corrected chi connectivity index (χ1v) is 10.4. The summed E-state index contributed by atoms with van der Waals surface area (Å²) < 4.78 is 5.94. The Morgan fingerprint density at radius 3 is 2.68 bits per heavy atom. The topological polar surface area (TPSA) is 9.23 Å². The summed E-state index contributed by atoms with van der Waals surface area (Å²) in [7, 11) is 0. The van der Waals surface area contributed by atoms with Crippen LogP contribution in [-0.4, -0.2) is 13.2 Å². The van der Waals surface area contributed by atoms with Crippen LogP contribution in [0.25, 0.3) is 0 Å². The first-order valence-electron chi connectivity index (χ1n) is 10.4. The van der Waals surface area contributed by atoms with E-state index in [1.165, 1.54) is 51.4 Å². The van der Waals surface area contributed by atoms with Gasteiger partial charge in [0.2, 0.25) is 0 Å². The highest BCUT2D eigenvalue weighted by molar-refractivity contribution is 5.16. The van der Waals surface area contributed by atoms with Gasteiger partial charge in [0.05, 0.1) is 13.2 Å². The summed E-state index contributed by atoms with van der Waals surface area (Å²) in [5, 5.41) is 0. The van der Waals surface area contributed by atoms with Crippen LogP contribution in [0, 0.1) is 17.3 Å². The number of allylic oxidation sites excluding steroid dienone is 5. The SMILES string of the molecule is C=CCCOCC1(CCCCC2CCC(C=CC)CC2)C=CC=CC1. The summed E-state index contributed by atoms with van der Waals surface area (Å²) in [6.07, 6.45) is 28.8. The van der Waals surface area contributed by atoms with Crippen LogP contribution in [0.1, 0.15) is 71.1 Å². The summed E-state index contributed by atoms with van der Waals surface area (Å²) in [5.74, 6) is 1.83. The van der Waals surface area contributed by atoms with Gasteiger partial charge in [-0.05, 0) is 63.7 Å². The normalized spacial score (nSPS) is 29.3. The molecule has 0 aromatic rings. The van der Waals surface area contributed by atoms with Crippen LogP contribution in [0.15, 0.2) is 49.1 Å². The Labute approximate surface area is 155 Å². The lowest BCUT2D eigenvalue weighted by Gasteiger charge is -2.32. The fourth-order valence-electron chi connectivity index (χ4n) is 4.37. The maximum absolute atomic E-state index is 5.94. The maximum atomic E-state index is 5.94. The van der Waals surface area contributed by atoms with E-state index >= 15 is 0 Å². The Bertz CT molecular complexity index is 451. The van der Waals surface area contributed by atoms with Crippen molar-refractivity contribution < 1.29 is 4.74 Å². The van der Waals surface area contributed by atoms with Crippen molar-refractivity contribution in [3.63, 3.8) is 0 Å². The van der Waals surface area contributed by atoms with Gasteiger partial charge in [-0.2, -0.15) is 0 Å². The average Bonchev–Trinajstić information content (AvgIpc) is 2.65. The van der Waals surface area contributed by atoms with Crippen molar-refractivity contribution in [2.75, 3.05) is 13.2 Å². The molecule has 0 heterocycles. The van der Waals surface area contributed by atoms with Crippen LogP contribution in [0.3, 0.4) is 0 Å². The molecular formula is C24H38O. The van der Waals surface area contributed by atoms with Crippen LogP contribution in [-0.2, 0) is 4.74 Å². The predicted octanol–water partition coefficient (Wildman–Crippen LogP) is 7.02. The second-order valence-electron chi connectivity index (χ2n) is 8.04. The Morgan fingerprint density at radius 2 is 2.00 bits per heavy atom. The van der Waals surface area contributed by atoms with E-state index in [1.54, 1.807) is 0 Å². The predicted molar refractivity (Wildman–Crippen MR) is 110 cm³/mol. The van der Waals surface area contributed by atoms with E-state index in [2.05, 4.69) is 50.0 Å². The summed E-state index contributed by atoms with van der Waals surface area (Å²) in [6, 6.07) is 0. The zero-order valence-corrected chi connectivity index (χ0v) is 16.3. The molecule has 1 atom stereocenters. The van der Waals surface area contributed by atoms with Crippen molar-refractivity contribution in [1.82, 2.24) is 0 Å². The lowest BCUT2D eigenvalue weighted by molar-refractivity contribution is 0.0651. The minimum absolute atomic E-state index is 0.236. The van der Waals surface area contributed by atoms with E-state index in [-0.39, 0.29) is 5.41 Å². The lowest BCUT2D eigenvalue weighted by atomic mass is 9.76. The van der Waals surface area contributed by atoms with Gasteiger partial charge < -0.3 is 4.74 Å². The van der Waals surface area contributed by atoms with E-state index < -0.39 is 0 Å². The number of unbranched alkanes of at least 4 members (excludes halogenated alkanes) is 1. The third-order valence-electron chi connectivity index (χ3n) is 5.97. The first kappa shape index (κ1) is 20.2. The molecule has 140 valence electrons. The summed E-state index contributed by atoms with van der Waals surface area (Å²) in [5.41, 5.74) is 0.236. The molecule has 0 radical (unpaired) electrons. The third-order valence-corrected chi connectivity index (χ3v) is 5.97. The molecular weight excluding hydrogens is 304 g/mol. The highest BCUT2D eigenvalue weighted by atomic mass is 16.5. The van der Waals surface area contributed by atoms with Crippen molar-refractivity contribution in [1.29, 1.82) is 0 Å². The van der Waals surface area contributed by atoms with Crippen LogP contribution in [0.5, 0.6) is 0 Å². The van der Waals surface area contributed by atoms with Gasteiger partial charge in [0, 0.05) is 5.41 Å². The quantitative estimate of drug-likeness (QED) is 0.289. The van der Waals surface area contributed by atoms with E-state index in [1.807, 2.05) is 6.08 Å². The average molecular weight is 343 g/mol. The zero-order valence-electron chi connectivity index (χ0n) is 16.3. The maximum Gasteiger partial charge on any atom is 0.0560 e. The van der Waals surface area contributed by atoms with Gasteiger partial charge in [0.1, 0.15) is 0 Å². The van der Waals surface area contributed by atoms with E-state index in [0.29, 0.717) is 0 Å². The van der Waals surface area contributed by atoms with Crippen molar-refractivity contribution in [2.24, 2.45) is 17.3 Å². The Balaban J connectivity index is 1.66. The Morgan fingerprint density at radius 1 is 1.16 bits per heavy atom. The molecule has 0 aromatic carbocycles. The largest absolute Gasteiger partial charge is 0.380 e. The molecule has 1 fully saturated rings. The van der Waals surface area contributed by atoms with Crippen molar-refractivity contribution in [2.45, 2.75) is 71.1 Å². The van der Waals surface area contributed by atoms with E-state index in [0.717, 1.165) is 37.9 Å². The lowest BCUT2D eigenvalue weighted by Crippen LogP contribution is -2.26. The van der Waals surface area contributed by atoms with Gasteiger partial charge >= 0.3 is 0 Å². The number of ether oxygens (including phenoxy) is 1. The van der Waals surface area contributed by atoms with Crippen molar-refractivity contribution in [3.8, 4) is 0 Å². The molecule has 0 aromatic heterocycles. The number of hydrogen-bond donors (Lipinski definition) is 0. The fraction of sp³-hybridized carbons (Fsp3) is 0.667. The summed E-state index contributed by atoms with van der Waals surface area (Å²) >= 11 is 0. The van der Waals surface area contributed by atoms with Crippen molar-refractivity contribution >= 4 is 0 Å². The van der Waals surface area contributed by atoms with Crippen molar-refractivity contribution in [3.05, 3.63) is 49.1 Å². The van der Waals surface area contributed by atoms with Gasteiger partial charge in [0.25, 0.3) is 0 Å². The molecule has 1 unspecified atom stereocenters. The molecule has 1 nitrogen and oxygen atoms in total. The minimum atomic E-state index is 0.236. The molecule has 2 aliphatic rings. The molecule has 25 heavy (non-hydrogen) atoms. The molecule has 0 spiro atoms. The van der Waals surface area contributed by atoms with Gasteiger partial charge in [-0.1, -0.05) is 61.8 Å².